The summed E-state index contributed by atoms with van der Waals surface area (Å²) in [7, 11) is 1.28. The number of alkyl halides is 3. The van der Waals surface area contributed by atoms with Crippen LogP contribution in [0.4, 0.5) is 13.2 Å². The van der Waals surface area contributed by atoms with Crippen LogP contribution in [0.15, 0.2) is 0 Å². The molecule has 0 aromatic heterocycles. The highest BCUT2D eigenvalue weighted by Gasteiger charge is 2.35. The summed E-state index contributed by atoms with van der Waals surface area (Å²) in [5.41, 5.74) is 0. The lowest BCUT2D eigenvalue weighted by molar-refractivity contribution is -0.0566. The van der Waals surface area contributed by atoms with Crippen LogP contribution in [0.25, 0.3) is 0 Å². The van der Waals surface area contributed by atoms with E-state index >= 15 is 0 Å². The second-order valence-electron chi connectivity index (χ2n) is 1.43. The first-order valence-corrected chi connectivity index (χ1v) is 3.16. The Morgan fingerprint density at radius 3 is 2.45 bits per heavy atom. The number of methoxy groups -OCH3 is 1. The Balaban J connectivity index is 3.54. The van der Waals surface area contributed by atoms with Crippen LogP contribution in [0.1, 0.15) is 0 Å². The molecule has 1 N–H and O–H groups in total. The number of ether oxygens (including phenoxy) is 1. The molecule has 0 rings (SSSR count). The Hall–Kier alpha value is -0.270. The second-order valence-corrected chi connectivity index (χ2v) is 2.25. The Morgan fingerprint density at radius 2 is 2.09 bits per heavy atom. The van der Waals surface area contributed by atoms with E-state index < -0.39 is 11.2 Å². The average Bonchev–Trinajstić information content (AvgIpc) is 1.86. The van der Waals surface area contributed by atoms with Gasteiger partial charge in [-0.2, -0.15) is 13.2 Å². The zero-order valence-electron chi connectivity index (χ0n) is 5.57. The van der Waals surface area contributed by atoms with Crippen LogP contribution in [0.2, 0.25) is 0 Å². The lowest BCUT2D eigenvalue weighted by atomic mass is 10.7. The number of hydrogen-bond acceptors (Lipinski definition) is 4. The number of rotatable bonds is 3. The first kappa shape index (κ1) is 10.7. The van der Waals surface area contributed by atoms with Gasteiger partial charge >= 0.3 is 6.18 Å². The van der Waals surface area contributed by atoms with Gasteiger partial charge in [0.2, 0.25) is 0 Å². The third kappa shape index (κ3) is 5.05. The van der Waals surface area contributed by atoms with E-state index in [1.54, 1.807) is 0 Å². The number of nitrogens with one attached hydrogen (secondary N) is 1. The van der Waals surface area contributed by atoms with Crippen LogP contribution in [0, 0.1) is 5.41 Å². The summed E-state index contributed by atoms with van der Waals surface area (Å²) in [6, 6.07) is 0. The largest absolute Gasteiger partial charge is 0.441 e. The minimum Gasteiger partial charge on any atom is -0.358 e. The molecule has 66 valence electrons. The number of halogens is 3. The van der Waals surface area contributed by atoms with Crippen molar-refractivity contribution in [2.24, 2.45) is 0 Å². The van der Waals surface area contributed by atoms with Gasteiger partial charge in [0.05, 0.1) is 12.0 Å². The van der Waals surface area contributed by atoms with Gasteiger partial charge in [0.1, 0.15) is 0 Å². The van der Waals surface area contributed by atoms with Gasteiger partial charge in [-0.25, -0.2) is 0 Å². The molecule has 0 heterocycles. The average molecular weight is 189 g/mol. The van der Waals surface area contributed by atoms with Crippen LogP contribution in [-0.2, 0) is 8.92 Å². The van der Waals surface area contributed by atoms with E-state index in [9.17, 15) is 13.2 Å². The lowest BCUT2D eigenvalue weighted by Crippen LogP contribution is -2.18. The maximum absolute atomic E-state index is 11.5. The molecule has 11 heavy (non-hydrogen) atoms. The highest BCUT2D eigenvalue weighted by Crippen LogP contribution is 2.23. The van der Waals surface area contributed by atoms with Crippen molar-refractivity contribution in [3.8, 4) is 0 Å². The summed E-state index contributed by atoms with van der Waals surface area (Å²) in [6.45, 7) is -0.275. The fourth-order valence-electron chi connectivity index (χ4n) is 0.178. The van der Waals surface area contributed by atoms with E-state index in [-0.39, 0.29) is 18.8 Å². The van der Waals surface area contributed by atoms with Gasteiger partial charge in [0.25, 0.3) is 0 Å². The highest BCUT2D eigenvalue weighted by atomic mass is 32.2. The fraction of sp³-hybridized carbons (Fsp3) is 0.750. The molecule has 0 aliphatic carbocycles. The van der Waals surface area contributed by atoms with E-state index in [0.29, 0.717) is 0 Å². The Bertz CT molecular complexity index is 138. The van der Waals surface area contributed by atoms with E-state index in [0.717, 1.165) is 0 Å². The Morgan fingerprint density at radius 1 is 1.55 bits per heavy atom. The van der Waals surface area contributed by atoms with E-state index in [1.165, 1.54) is 7.11 Å². The summed E-state index contributed by atoms with van der Waals surface area (Å²) in [6.07, 6.45) is -4.63. The molecule has 0 fully saturated rings. The zero-order chi connectivity index (χ0) is 8.91. The maximum Gasteiger partial charge on any atom is 0.441 e. The molecule has 0 unspecified atom stereocenters. The van der Waals surface area contributed by atoms with Crippen LogP contribution >= 0.6 is 12.0 Å². The third-order valence-electron chi connectivity index (χ3n) is 0.566. The van der Waals surface area contributed by atoms with Crippen LogP contribution in [-0.4, -0.2) is 25.1 Å². The quantitative estimate of drug-likeness (QED) is 0.242. The monoisotopic (exact) mass is 189 g/mol. The minimum atomic E-state index is -4.63. The molecule has 0 radical (unpaired) electrons. The molecule has 0 aliphatic rings. The second kappa shape index (κ2) is 4.58. The van der Waals surface area contributed by atoms with Crippen molar-refractivity contribution in [3.63, 3.8) is 0 Å². The minimum absolute atomic E-state index is 0.0588. The Labute approximate surface area is 65.6 Å². The third-order valence-corrected chi connectivity index (χ3v) is 1.18. The van der Waals surface area contributed by atoms with Gasteiger partial charge in [-0.15, -0.1) is 0 Å². The summed E-state index contributed by atoms with van der Waals surface area (Å²) in [4.78, 5) is 0. The molecule has 0 bridgehead atoms. The maximum atomic E-state index is 11.5. The lowest BCUT2D eigenvalue weighted by Gasteiger charge is -2.05. The molecule has 0 aromatic rings. The van der Waals surface area contributed by atoms with Crippen molar-refractivity contribution in [2.75, 3.05) is 13.9 Å². The molecule has 0 spiro atoms. The van der Waals surface area contributed by atoms with Crippen molar-refractivity contribution in [1.29, 1.82) is 5.41 Å². The van der Waals surface area contributed by atoms with Gasteiger partial charge in [-0.1, -0.05) is 0 Å². The topological polar surface area (TPSA) is 42.3 Å². The van der Waals surface area contributed by atoms with Gasteiger partial charge in [-0.05, 0) is 0 Å². The smallest absolute Gasteiger partial charge is 0.358 e. The molecule has 3 nitrogen and oxygen atoms in total. The van der Waals surface area contributed by atoms with Crippen molar-refractivity contribution in [3.05, 3.63) is 0 Å². The summed E-state index contributed by atoms with van der Waals surface area (Å²) < 4.78 is 43.0. The van der Waals surface area contributed by atoms with E-state index in [1.807, 2.05) is 0 Å². The van der Waals surface area contributed by atoms with Gasteiger partial charge < -0.3 is 4.74 Å². The predicted octanol–water partition coefficient (Wildman–Crippen LogP) is 1.79. The summed E-state index contributed by atoms with van der Waals surface area (Å²) in [5, 5.41) is 4.88. The fourth-order valence-corrected chi connectivity index (χ4v) is 0.535. The Kier molecular flexibility index (Phi) is 4.46. The van der Waals surface area contributed by atoms with Crippen molar-refractivity contribution in [2.45, 2.75) is 6.18 Å². The first-order valence-electron chi connectivity index (χ1n) is 2.42. The number of hydrogen-bond donors (Lipinski definition) is 1. The molecular weight excluding hydrogens is 183 g/mol. The standard InChI is InChI=1S/C4H6F3NO2S/c1-9-2-10-11-3(8)4(5,6)7/h8H,2H2,1H3. The zero-order valence-corrected chi connectivity index (χ0v) is 6.38. The summed E-state index contributed by atoms with van der Waals surface area (Å²) in [5.74, 6) is 0. The van der Waals surface area contributed by atoms with Gasteiger partial charge in [0, 0.05) is 7.11 Å². The highest BCUT2D eigenvalue weighted by molar-refractivity contribution is 8.09. The molecule has 0 aliphatic heterocycles. The molecule has 0 aromatic carbocycles. The molecule has 0 atom stereocenters. The van der Waals surface area contributed by atoms with E-state index in [2.05, 4.69) is 8.92 Å². The molecular formula is C4H6F3NO2S. The normalized spacial score (nSPS) is 11.6. The van der Waals surface area contributed by atoms with Gasteiger partial charge in [-0.3, -0.25) is 9.59 Å². The first-order chi connectivity index (χ1) is 4.98. The molecule has 7 heteroatoms. The van der Waals surface area contributed by atoms with Crippen molar-refractivity contribution < 1.29 is 22.1 Å². The van der Waals surface area contributed by atoms with Crippen LogP contribution in [0.3, 0.4) is 0 Å². The van der Waals surface area contributed by atoms with E-state index in [4.69, 9.17) is 5.41 Å². The molecule has 0 saturated heterocycles. The van der Waals surface area contributed by atoms with Crippen LogP contribution < -0.4 is 0 Å². The van der Waals surface area contributed by atoms with Crippen LogP contribution in [0.5, 0.6) is 0 Å². The molecule has 0 saturated carbocycles. The molecule has 0 amide bonds. The predicted molar refractivity (Wildman–Crippen MR) is 34.3 cm³/mol. The SMILES string of the molecule is COCOSC(=N)C(F)(F)F. The van der Waals surface area contributed by atoms with Gasteiger partial charge in [0.15, 0.2) is 11.8 Å². The summed E-state index contributed by atoms with van der Waals surface area (Å²) >= 11 is -0.0588. The van der Waals surface area contributed by atoms with Crippen molar-refractivity contribution >= 4 is 17.1 Å². The van der Waals surface area contributed by atoms with Crippen molar-refractivity contribution in [1.82, 2.24) is 0 Å².